The number of nitrogens with zero attached hydrogens (tertiary/aromatic N) is 1. The molecule has 1 aliphatic rings. The third kappa shape index (κ3) is 4.82. The van der Waals surface area contributed by atoms with E-state index in [1.807, 2.05) is 24.3 Å². The second-order valence-corrected chi connectivity index (χ2v) is 4.88. The van der Waals surface area contributed by atoms with E-state index >= 15 is 0 Å². The van der Waals surface area contributed by atoms with Crippen LogP contribution in [0.4, 0.5) is 5.69 Å². The summed E-state index contributed by atoms with van der Waals surface area (Å²) in [5.74, 6) is 0.0355. The van der Waals surface area contributed by atoms with E-state index in [9.17, 15) is 4.79 Å². The number of carbonyl (C=O) groups is 1. The minimum Gasteiger partial charge on any atom is -0.326 e. The Labute approximate surface area is 120 Å². The molecule has 4 nitrogen and oxygen atoms in total. The maximum absolute atomic E-state index is 11.8. The molecule has 1 aromatic rings. The third-order valence-corrected chi connectivity index (χ3v) is 3.32. The van der Waals surface area contributed by atoms with Gasteiger partial charge >= 0.3 is 0 Å². The Morgan fingerprint density at radius 3 is 2.63 bits per heavy atom. The number of nitrogens with one attached hydrogen (secondary N) is 1. The van der Waals surface area contributed by atoms with Gasteiger partial charge in [-0.25, -0.2) is 0 Å². The largest absolute Gasteiger partial charge is 0.326 e. The Kier molecular flexibility index (Phi) is 6.28. The van der Waals surface area contributed by atoms with E-state index in [1.165, 1.54) is 5.56 Å². The van der Waals surface area contributed by atoms with E-state index in [0.717, 1.165) is 31.6 Å². The average Bonchev–Trinajstić information content (AvgIpc) is 2.75. The highest BCUT2D eigenvalue weighted by Gasteiger charge is 2.20. The predicted molar refractivity (Wildman–Crippen MR) is 80.7 cm³/mol. The number of amides is 1. The van der Waals surface area contributed by atoms with Crippen molar-refractivity contribution >= 4 is 24.0 Å². The van der Waals surface area contributed by atoms with Crippen molar-refractivity contribution in [1.82, 2.24) is 4.90 Å². The van der Waals surface area contributed by atoms with Gasteiger partial charge in [0.2, 0.25) is 5.91 Å². The van der Waals surface area contributed by atoms with Gasteiger partial charge < -0.3 is 11.1 Å². The number of hydrogen-bond donors (Lipinski definition) is 2. The molecular weight excluding hydrogens is 262 g/mol. The molecule has 106 valence electrons. The Hall–Kier alpha value is -1.10. The maximum atomic E-state index is 11.8. The molecule has 2 rings (SSSR count). The first-order valence-electron chi connectivity index (χ1n) is 6.54. The van der Waals surface area contributed by atoms with E-state index in [0.29, 0.717) is 6.54 Å². The fourth-order valence-corrected chi connectivity index (χ4v) is 2.23. The van der Waals surface area contributed by atoms with Crippen molar-refractivity contribution in [3.8, 4) is 0 Å². The molecule has 1 amide bonds. The van der Waals surface area contributed by atoms with E-state index in [2.05, 4.69) is 17.1 Å². The van der Waals surface area contributed by atoms with Gasteiger partial charge in [-0.2, -0.15) is 0 Å². The first-order valence-corrected chi connectivity index (χ1v) is 6.54. The topological polar surface area (TPSA) is 58.4 Å². The Balaban J connectivity index is 0.00000180. The van der Waals surface area contributed by atoms with Crippen LogP contribution in [0.3, 0.4) is 0 Å². The number of benzene rings is 1. The van der Waals surface area contributed by atoms with Gasteiger partial charge in [0.05, 0.1) is 6.54 Å². The molecular formula is C14H22ClN3O. The van der Waals surface area contributed by atoms with Gasteiger partial charge in [-0.3, -0.25) is 9.69 Å². The van der Waals surface area contributed by atoms with Gasteiger partial charge in [0.15, 0.2) is 0 Å². The fraction of sp³-hybridized carbons (Fsp3) is 0.500. The van der Waals surface area contributed by atoms with Crippen molar-refractivity contribution in [1.29, 1.82) is 0 Å². The lowest BCUT2D eigenvalue weighted by Gasteiger charge is -2.14. The lowest BCUT2D eigenvalue weighted by molar-refractivity contribution is -0.117. The molecule has 0 radical (unpaired) electrons. The van der Waals surface area contributed by atoms with Crippen LogP contribution in [0.25, 0.3) is 0 Å². The van der Waals surface area contributed by atoms with Crippen LogP contribution in [0.5, 0.6) is 0 Å². The van der Waals surface area contributed by atoms with Gasteiger partial charge in [-0.05, 0) is 30.5 Å². The third-order valence-electron chi connectivity index (χ3n) is 3.32. The molecule has 1 fully saturated rings. The van der Waals surface area contributed by atoms with Crippen LogP contribution in [-0.2, 0) is 11.2 Å². The van der Waals surface area contributed by atoms with Crippen LogP contribution >= 0.6 is 12.4 Å². The molecule has 0 aliphatic carbocycles. The number of hydrogen-bond acceptors (Lipinski definition) is 3. The Morgan fingerprint density at radius 2 is 2.11 bits per heavy atom. The minimum atomic E-state index is 0. The van der Waals surface area contributed by atoms with Crippen LogP contribution in [-0.4, -0.2) is 36.5 Å². The summed E-state index contributed by atoms with van der Waals surface area (Å²) in [6.45, 7) is 4.29. The molecule has 5 heteroatoms. The van der Waals surface area contributed by atoms with Crippen LogP contribution in [0, 0.1) is 0 Å². The molecule has 0 bridgehead atoms. The molecule has 1 aromatic carbocycles. The summed E-state index contributed by atoms with van der Waals surface area (Å²) >= 11 is 0. The van der Waals surface area contributed by atoms with Crippen LogP contribution in [0.15, 0.2) is 24.3 Å². The predicted octanol–water partition coefficient (Wildman–Crippen LogP) is 1.64. The number of halogens is 1. The molecule has 0 unspecified atom stereocenters. The van der Waals surface area contributed by atoms with Gasteiger partial charge in [0.1, 0.15) is 0 Å². The molecule has 1 saturated heterocycles. The van der Waals surface area contributed by atoms with Crippen LogP contribution < -0.4 is 11.1 Å². The second-order valence-electron chi connectivity index (χ2n) is 4.88. The summed E-state index contributed by atoms with van der Waals surface area (Å²) in [4.78, 5) is 13.9. The molecule has 1 atom stereocenters. The molecule has 3 N–H and O–H groups in total. The zero-order valence-corrected chi connectivity index (χ0v) is 12.1. The smallest absolute Gasteiger partial charge is 0.238 e. The SMILES string of the molecule is CCc1ccc(NC(=O)CN2CC[C@@H](N)C2)cc1.Cl. The van der Waals surface area contributed by atoms with Gasteiger partial charge in [0, 0.05) is 24.8 Å². The van der Waals surface area contributed by atoms with Crippen LogP contribution in [0.1, 0.15) is 18.9 Å². The van der Waals surface area contributed by atoms with Crippen molar-refractivity contribution in [2.24, 2.45) is 5.73 Å². The highest BCUT2D eigenvalue weighted by atomic mass is 35.5. The van der Waals surface area contributed by atoms with Crippen molar-refractivity contribution in [3.05, 3.63) is 29.8 Å². The van der Waals surface area contributed by atoms with Crippen molar-refractivity contribution < 1.29 is 4.79 Å². The summed E-state index contributed by atoms with van der Waals surface area (Å²) in [5.41, 5.74) is 7.95. The van der Waals surface area contributed by atoms with E-state index in [4.69, 9.17) is 5.73 Å². The fourth-order valence-electron chi connectivity index (χ4n) is 2.23. The van der Waals surface area contributed by atoms with Crippen molar-refractivity contribution in [2.75, 3.05) is 25.0 Å². The lowest BCUT2D eigenvalue weighted by Crippen LogP contribution is -2.33. The second kappa shape index (κ2) is 7.48. The highest BCUT2D eigenvalue weighted by Crippen LogP contribution is 2.11. The Bertz CT molecular complexity index is 408. The molecule has 1 aliphatic heterocycles. The normalized spacial score (nSPS) is 18.9. The first-order chi connectivity index (χ1) is 8.67. The van der Waals surface area contributed by atoms with E-state index in [-0.39, 0.29) is 24.4 Å². The summed E-state index contributed by atoms with van der Waals surface area (Å²) in [6, 6.07) is 8.21. The number of nitrogens with two attached hydrogens (primary N) is 1. The van der Waals surface area contributed by atoms with Gasteiger partial charge in [-0.1, -0.05) is 19.1 Å². The standard InChI is InChI=1S/C14H21N3O.ClH/c1-2-11-3-5-13(6-4-11)16-14(18)10-17-8-7-12(15)9-17;/h3-6,12H,2,7-10,15H2,1H3,(H,16,18);1H/t12-;/m1./s1. The van der Waals surface area contributed by atoms with Crippen molar-refractivity contribution in [3.63, 3.8) is 0 Å². The number of carbonyl (C=O) groups excluding carboxylic acids is 1. The molecule has 0 aromatic heterocycles. The first kappa shape index (κ1) is 16.0. The van der Waals surface area contributed by atoms with Crippen molar-refractivity contribution in [2.45, 2.75) is 25.8 Å². The molecule has 19 heavy (non-hydrogen) atoms. The van der Waals surface area contributed by atoms with Crippen LogP contribution in [0.2, 0.25) is 0 Å². The summed E-state index contributed by atoms with van der Waals surface area (Å²) in [5, 5.41) is 2.91. The highest BCUT2D eigenvalue weighted by molar-refractivity contribution is 5.92. The Morgan fingerprint density at radius 1 is 1.42 bits per heavy atom. The summed E-state index contributed by atoms with van der Waals surface area (Å²) in [7, 11) is 0. The molecule has 0 spiro atoms. The van der Waals surface area contributed by atoms with E-state index < -0.39 is 0 Å². The summed E-state index contributed by atoms with van der Waals surface area (Å²) in [6.07, 6.45) is 2.00. The number of aryl methyl sites for hydroxylation is 1. The zero-order chi connectivity index (χ0) is 13.0. The maximum Gasteiger partial charge on any atom is 0.238 e. The number of likely N-dealkylation sites (tertiary alicyclic amines) is 1. The monoisotopic (exact) mass is 283 g/mol. The quantitative estimate of drug-likeness (QED) is 0.883. The van der Waals surface area contributed by atoms with Gasteiger partial charge in [0.25, 0.3) is 0 Å². The lowest BCUT2D eigenvalue weighted by atomic mass is 10.1. The average molecular weight is 284 g/mol. The zero-order valence-electron chi connectivity index (χ0n) is 11.3. The number of rotatable bonds is 4. The van der Waals surface area contributed by atoms with E-state index in [1.54, 1.807) is 0 Å². The molecule has 1 heterocycles. The minimum absolute atomic E-state index is 0. The number of anilines is 1. The van der Waals surface area contributed by atoms with Gasteiger partial charge in [-0.15, -0.1) is 12.4 Å². The summed E-state index contributed by atoms with van der Waals surface area (Å²) < 4.78 is 0. The molecule has 0 saturated carbocycles.